The molecule has 0 atom stereocenters. The lowest BCUT2D eigenvalue weighted by Crippen LogP contribution is -2.22. The van der Waals surface area contributed by atoms with Crippen LogP contribution in [0.1, 0.15) is 62.2 Å². The van der Waals surface area contributed by atoms with Crippen LogP contribution < -0.4 is 5.73 Å². The number of carbonyl (C=O) groups is 2. The summed E-state index contributed by atoms with van der Waals surface area (Å²) in [6.07, 6.45) is 8.33. The lowest BCUT2D eigenvalue weighted by Gasteiger charge is -2.15. The molecule has 0 saturated heterocycles. The van der Waals surface area contributed by atoms with Gasteiger partial charge in [0, 0.05) is 30.2 Å². The summed E-state index contributed by atoms with van der Waals surface area (Å²) in [5, 5.41) is 18.0. The van der Waals surface area contributed by atoms with Crippen LogP contribution in [0.4, 0.5) is 5.69 Å². The fourth-order valence-corrected chi connectivity index (χ4v) is 2.02. The number of hydrogen-bond acceptors (Lipinski definition) is 5. The first-order valence-corrected chi connectivity index (χ1v) is 8.07. The Morgan fingerprint density at radius 3 is 2.08 bits per heavy atom. The van der Waals surface area contributed by atoms with Crippen molar-refractivity contribution in [3.05, 3.63) is 39.9 Å². The molecule has 7 heteroatoms. The van der Waals surface area contributed by atoms with Gasteiger partial charge in [0.05, 0.1) is 4.92 Å². The zero-order valence-electron chi connectivity index (χ0n) is 14.0. The maximum atomic E-state index is 10.1. The Labute approximate surface area is 142 Å². The van der Waals surface area contributed by atoms with Gasteiger partial charge in [-0.25, -0.2) is 0 Å². The predicted molar refractivity (Wildman–Crippen MR) is 92.1 cm³/mol. The smallest absolute Gasteiger partial charge is 0.303 e. The van der Waals surface area contributed by atoms with Crippen LogP contribution in [0.15, 0.2) is 24.3 Å². The Bertz CT molecular complexity index is 496. The van der Waals surface area contributed by atoms with E-state index < -0.39 is 10.9 Å². The molecule has 0 bridgehead atoms. The van der Waals surface area contributed by atoms with Crippen molar-refractivity contribution in [2.45, 2.75) is 57.9 Å². The molecule has 134 valence electrons. The van der Waals surface area contributed by atoms with E-state index in [1.165, 1.54) is 56.4 Å². The summed E-state index contributed by atoms with van der Waals surface area (Å²) in [5.41, 5.74) is 6.07. The molecule has 1 saturated carbocycles. The van der Waals surface area contributed by atoms with E-state index in [4.69, 9.17) is 10.8 Å². The van der Waals surface area contributed by atoms with Gasteiger partial charge >= 0.3 is 5.97 Å². The van der Waals surface area contributed by atoms with Gasteiger partial charge in [-0.05, 0) is 31.4 Å². The maximum absolute atomic E-state index is 10.1. The minimum Gasteiger partial charge on any atom is -0.481 e. The SMILES string of the molecule is CCCC(=O)O.NC1CCCCC1.O=Cc1ccc([N+](=O)[O-])cc1. The lowest BCUT2D eigenvalue weighted by molar-refractivity contribution is -0.384. The number of rotatable bonds is 4. The van der Waals surface area contributed by atoms with E-state index in [2.05, 4.69) is 0 Å². The summed E-state index contributed by atoms with van der Waals surface area (Å²) < 4.78 is 0. The van der Waals surface area contributed by atoms with E-state index in [0.717, 1.165) is 6.42 Å². The second-order valence-electron chi connectivity index (χ2n) is 5.51. The largest absolute Gasteiger partial charge is 0.481 e. The number of non-ortho nitro benzene ring substituents is 1. The van der Waals surface area contributed by atoms with Crippen molar-refractivity contribution in [1.82, 2.24) is 0 Å². The molecule has 24 heavy (non-hydrogen) atoms. The number of nitro groups is 1. The highest BCUT2D eigenvalue weighted by atomic mass is 16.6. The van der Waals surface area contributed by atoms with Gasteiger partial charge in [-0.15, -0.1) is 0 Å². The summed E-state index contributed by atoms with van der Waals surface area (Å²) in [7, 11) is 0. The third-order valence-electron chi connectivity index (χ3n) is 3.35. The zero-order valence-corrected chi connectivity index (χ0v) is 14.0. The quantitative estimate of drug-likeness (QED) is 0.491. The third kappa shape index (κ3) is 11.3. The second-order valence-corrected chi connectivity index (χ2v) is 5.51. The molecule has 1 aliphatic carbocycles. The van der Waals surface area contributed by atoms with Gasteiger partial charge in [0.15, 0.2) is 0 Å². The number of nitrogens with zero attached hydrogens (tertiary/aromatic N) is 1. The molecule has 0 spiro atoms. The summed E-state index contributed by atoms with van der Waals surface area (Å²) in [5.74, 6) is -0.711. The molecule has 2 rings (SSSR count). The van der Waals surface area contributed by atoms with Crippen LogP contribution in [-0.2, 0) is 4.79 Å². The summed E-state index contributed by atoms with van der Waals surface area (Å²) >= 11 is 0. The Hall–Kier alpha value is -2.28. The van der Waals surface area contributed by atoms with E-state index in [1.54, 1.807) is 0 Å². The average Bonchev–Trinajstić information content (AvgIpc) is 2.56. The first-order valence-electron chi connectivity index (χ1n) is 8.07. The normalized spacial score (nSPS) is 13.6. The van der Waals surface area contributed by atoms with Crippen LogP contribution in [0.5, 0.6) is 0 Å². The van der Waals surface area contributed by atoms with Crippen molar-refractivity contribution in [3.63, 3.8) is 0 Å². The number of nitrogens with two attached hydrogens (primary N) is 1. The van der Waals surface area contributed by atoms with Crippen molar-refractivity contribution in [2.75, 3.05) is 0 Å². The zero-order chi connectivity index (χ0) is 18.4. The number of hydrogen-bond donors (Lipinski definition) is 2. The molecule has 0 unspecified atom stereocenters. The first-order chi connectivity index (χ1) is 11.4. The highest BCUT2D eigenvalue weighted by molar-refractivity contribution is 5.75. The van der Waals surface area contributed by atoms with E-state index in [1.807, 2.05) is 6.92 Å². The van der Waals surface area contributed by atoms with Crippen LogP contribution in [0.3, 0.4) is 0 Å². The van der Waals surface area contributed by atoms with Crippen LogP contribution in [-0.4, -0.2) is 28.3 Å². The van der Waals surface area contributed by atoms with Gasteiger partial charge < -0.3 is 10.8 Å². The number of carbonyl (C=O) groups excluding carboxylic acids is 1. The lowest BCUT2D eigenvalue weighted by atomic mass is 9.97. The number of carboxylic acid groups (broad SMARTS) is 1. The Morgan fingerprint density at radius 2 is 1.83 bits per heavy atom. The highest BCUT2D eigenvalue weighted by Crippen LogP contribution is 2.14. The van der Waals surface area contributed by atoms with Crippen LogP contribution in [0.25, 0.3) is 0 Å². The first kappa shape index (κ1) is 21.7. The number of aliphatic carboxylic acids is 1. The maximum Gasteiger partial charge on any atom is 0.303 e. The molecular formula is C17H26N2O5. The molecule has 0 aliphatic heterocycles. The Morgan fingerprint density at radius 1 is 1.29 bits per heavy atom. The molecule has 1 aromatic rings. The molecule has 1 aliphatic rings. The standard InChI is InChI=1S/C7H5NO3.C6H13N.C4H8O2/c9-5-6-1-3-7(4-2-6)8(10)11;7-6-4-2-1-3-5-6;1-2-3-4(5)6/h1-5H;6H,1-5,7H2;2-3H2,1H3,(H,5,6). The number of nitro benzene ring substituents is 1. The fourth-order valence-electron chi connectivity index (χ4n) is 2.02. The number of carboxylic acids is 1. The van der Waals surface area contributed by atoms with E-state index in [9.17, 15) is 19.7 Å². The van der Waals surface area contributed by atoms with Crippen molar-refractivity contribution in [2.24, 2.45) is 5.73 Å². The molecule has 0 radical (unpaired) electrons. The van der Waals surface area contributed by atoms with E-state index in [-0.39, 0.29) is 5.69 Å². The molecule has 3 N–H and O–H groups in total. The van der Waals surface area contributed by atoms with E-state index in [0.29, 0.717) is 24.3 Å². The average molecular weight is 338 g/mol. The third-order valence-corrected chi connectivity index (χ3v) is 3.35. The summed E-state index contributed by atoms with van der Waals surface area (Å²) in [6.45, 7) is 1.84. The molecule has 1 aromatic carbocycles. The van der Waals surface area contributed by atoms with Gasteiger partial charge in [0.1, 0.15) is 6.29 Å². The van der Waals surface area contributed by atoms with Gasteiger partial charge in [-0.3, -0.25) is 19.7 Å². The Kier molecular flexibility index (Phi) is 11.9. The fraction of sp³-hybridized carbons (Fsp3) is 0.529. The Balaban J connectivity index is 0.000000353. The topological polar surface area (TPSA) is 124 Å². The molecular weight excluding hydrogens is 312 g/mol. The van der Waals surface area contributed by atoms with Crippen molar-refractivity contribution < 1.29 is 19.6 Å². The van der Waals surface area contributed by atoms with Crippen molar-refractivity contribution >= 4 is 17.9 Å². The summed E-state index contributed by atoms with van der Waals surface area (Å²) in [6, 6.07) is 5.94. The summed E-state index contributed by atoms with van der Waals surface area (Å²) in [4.78, 5) is 29.3. The minimum atomic E-state index is -0.711. The number of aldehydes is 1. The van der Waals surface area contributed by atoms with Crippen molar-refractivity contribution in [1.29, 1.82) is 0 Å². The minimum absolute atomic E-state index is 0.00407. The van der Waals surface area contributed by atoms with Gasteiger partial charge in [-0.2, -0.15) is 0 Å². The van der Waals surface area contributed by atoms with Crippen LogP contribution in [0.2, 0.25) is 0 Å². The monoisotopic (exact) mass is 338 g/mol. The van der Waals surface area contributed by atoms with Gasteiger partial charge in [-0.1, -0.05) is 26.2 Å². The highest BCUT2D eigenvalue weighted by Gasteiger charge is 2.06. The van der Waals surface area contributed by atoms with Crippen LogP contribution in [0, 0.1) is 10.1 Å². The molecule has 0 heterocycles. The van der Waals surface area contributed by atoms with Crippen molar-refractivity contribution in [3.8, 4) is 0 Å². The number of benzene rings is 1. The predicted octanol–water partition coefficient (Wildman–Crippen LogP) is 3.56. The molecule has 1 fully saturated rings. The molecule has 0 amide bonds. The molecule has 0 aromatic heterocycles. The van der Waals surface area contributed by atoms with Gasteiger partial charge in [0.2, 0.25) is 0 Å². The second kappa shape index (κ2) is 13.2. The van der Waals surface area contributed by atoms with Crippen LogP contribution >= 0.6 is 0 Å². The molecule has 7 nitrogen and oxygen atoms in total. The van der Waals surface area contributed by atoms with E-state index >= 15 is 0 Å². The van der Waals surface area contributed by atoms with Gasteiger partial charge in [0.25, 0.3) is 5.69 Å².